The van der Waals surface area contributed by atoms with E-state index < -0.39 is 30.6 Å². The summed E-state index contributed by atoms with van der Waals surface area (Å²) in [7, 11) is 0. The molecule has 0 saturated carbocycles. The van der Waals surface area contributed by atoms with Gasteiger partial charge in [-0.3, -0.25) is 9.59 Å². The molecule has 2 aliphatic heterocycles. The van der Waals surface area contributed by atoms with E-state index in [0.29, 0.717) is 26.3 Å². The minimum absolute atomic E-state index is 0.161. The number of amides is 4. The molecule has 2 aliphatic rings. The molecule has 2 heterocycles. The van der Waals surface area contributed by atoms with Gasteiger partial charge in [0.1, 0.15) is 12.1 Å². The molecule has 2 rings (SSSR count). The Hall–Kier alpha value is -1.87. The molecule has 9 nitrogen and oxygen atoms in total. The SMILES string of the molecule is O=C1NCC(C(=O)NC(CO)C(=O)N2CCOCC2)N1. The lowest BCUT2D eigenvalue weighted by molar-refractivity contribution is -0.141. The summed E-state index contributed by atoms with van der Waals surface area (Å²) in [5, 5.41) is 16.6. The molecule has 0 spiro atoms. The summed E-state index contributed by atoms with van der Waals surface area (Å²) < 4.78 is 5.14. The summed E-state index contributed by atoms with van der Waals surface area (Å²) in [6.45, 7) is 1.44. The van der Waals surface area contributed by atoms with Crippen LogP contribution in [0.5, 0.6) is 0 Å². The van der Waals surface area contributed by atoms with Crippen molar-refractivity contribution in [3.8, 4) is 0 Å². The zero-order valence-electron chi connectivity index (χ0n) is 10.9. The maximum atomic E-state index is 12.1. The Bertz CT molecular complexity index is 396. The largest absolute Gasteiger partial charge is 0.394 e. The van der Waals surface area contributed by atoms with Crippen molar-refractivity contribution in [3.63, 3.8) is 0 Å². The summed E-state index contributed by atoms with van der Waals surface area (Å²) in [6.07, 6.45) is 0. The van der Waals surface area contributed by atoms with Crippen LogP contribution < -0.4 is 16.0 Å². The minimum atomic E-state index is -1.00. The molecule has 0 aliphatic carbocycles. The molecule has 20 heavy (non-hydrogen) atoms. The fourth-order valence-corrected chi connectivity index (χ4v) is 2.08. The standard InChI is InChI=1S/C11H18N4O5/c16-6-8(10(18)15-1-3-20-4-2-15)13-9(17)7-5-12-11(19)14-7/h7-8,16H,1-6H2,(H,13,17)(H2,12,14,19). The minimum Gasteiger partial charge on any atom is -0.394 e. The number of nitrogens with zero attached hydrogens (tertiary/aromatic N) is 1. The second-order valence-corrected chi connectivity index (χ2v) is 4.59. The van der Waals surface area contributed by atoms with Gasteiger partial charge in [0.2, 0.25) is 11.8 Å². The summed E-state index contributed by atoms with van der Waals surface area (Å²) in [5.74, 6) is -0.842. The third-order valence-electron chi connectivity index (χ3n) is 3.21. The molecular weight excluding hydrogens is 268 g/mol. The highest BCUT2D eigenvalue weighted by atomic mass is 16.5. The summed E-state index contributed by atoms with van der Waals surface area (Å²) in [6, 6.07) is -2.16. The van der Waals surface area contributed by atoms with Crippen LogP contribution in [0.1, 0.15) is 0 Å². The number of aliphatic hydroxyl groups excluding tert-OH is 1. The molecule has 0 aromatic carbocycles. The molecule has 2 atom stereocenters. The number of aliphatic hydroxyl groups is 1. The van der Waals surface area contributed by atoms with Crippen molar-refractivity contribution in [2.45, 2.75) is 12.1 Å². The quantitative estimate of drug-likeness (QED) is 0.439. The lowest BCUT2D eigenvalue weighted by Crippen LogP contribution is -2.56. The second-order valence-electron chi connectivity index (χ2n) is 4.59. The lowest BCUT2D eigenvalue weighted by atomic mass is 10.2. The number of hydrogen-bond acceptors (Lipinski definition) is 5. The van der Waals surface area contributed by atoms with E-state index in [0.717, 1.165) is 0 Å². The van der Waals surface area contributed by atoms with Crippen molar-refractivity contribution in [2.75, 3.05) is 39.5 Å². The Kier molecular flexibility index (Phi) is 4.74. The molecular formula is C11H18N4O5. The maximum Gasteiger partial charge on any atom is 0.315 e. The molecule has 2 saturated heterocycles. The molecule has 2 fully saturated rings. The predicted molar refractivity (Wildman–Crippen MR) is 66.7 cm³/mol. The molecule has 0 radical (unpaired) electrons. The van der Waals surface area contributed by atoms with Crippen molar-refractivity contribution in [2.24, 2.45) is 0 Å². The van der Waals surface area contributed by atoms with Gasteiger partial charge in [0.15, 0.2) is 0 Å². The smallest absolute Gasteiger partial charge is 0.315 e. The zero-order valence-corrected chi connectivity index (χ0v) is 10.9. The number of hydrogen-bond donors (Lipinski definition) is 4. The lowest BCUT2D eigenvalue weighted by Gasteiger charge is -2.30. The van der Waals surface area contributed by atoms with Gasteiger partial charge in [-0.2, -0.15) is 0 Å². The van der Waals surface area contributed by atoms with Crippen molar-refractivity contribution in [1.82, 2.24) is 20.9 Å². The highest BCUT2D eigenvalue weighted by molar-refractivity contribution is 5.93. The van der Waals surface area contributed by atoms with Gasteiger partial charge in [-0.05, 0) is 0 Å². The average molecular weight is 286 g/mol. The van der Waals surface area contributed by atoms with Crippen LogP contribution in [0, 0.1) is 0 Å². The first kappa shape index (κ1) is 14.5. The van der Waals surface area contributed by atoms with Gasteiger partial charge in [0.25, 0.3) is 0 Å². The van der Waals surface area contributed by atoms with Gasteiger partial charge < -0.3 is 30.7 Å². The van der Waals surface area contributed by atoms with Crippen LogP contribution in [0.3, 0.4) is 0 Å². The number of ether oxygens (including phenoxy) is 1. The maximum absolute atomic E-state index is 12.1. The van der Waals surface area contributed by atoms with Gasteiger partial charge in [-0.25, -0.2) is 4.79 Å². The number of rotatable bonds is 4. The summed E-state index contributed by atoms with van der Waals surface area (Å²) in [4.78, 5) is 36.5. The van der Waals surface area contributed by atoms with E-state index in [-0.39, 0.29) is 12.5 Å². The average Bonchev–Trinajstić information content (AvgIpc) is 2.91. The fourth-order valence-electron chi connectivity index (χ4n) is 2.08. The van der Waals surface area contributed by atoms with Crippen molar-refractivity contribution < 1.29 is 24.2 Å². The number of nitrogens with one attached hydrogen (secondary N) is 3. The number of carbonyl (C=O) groups excluding carboxylic acids is 3. The van der Waals surface area contributed by atoms with Crippen LogP contribution >= 0.6 is 0 Å². The molecule has 0 aromatic rings. The highest BCUT2D eigenvalue weighted by Crippen LogP contribution is 2.01. The Morgan fingerprint density at radius 2 is 2.15 bits per heavy atom. The zero-order chi connectivity index (χ0) is 14.5. The van der Waals surface area contributed by atoms with Crippen LogP contribution in [-0.4, -0.2) is 79.4 Å². The number of carbonyl (C=O) groups is 3. The Morgan fingerprint density at radius 3 is 2.70 bits per heavy atom. The van der Waals surface area contributed by atoms with E-state index in [2.05, 4.69) is 16.0 Å². The Balaban J connectivity index is 1.89. The van der Waals surface area contributed by atoms with Crippen LogP contribution in [0.2, 0.25) is 0 Å². The molecule has 4 amide bonds. The molecule has 2 unspecified atom stereocenters. The first-order valence-corrected chi connectivity index (χ1v) is 6.44. The molecule has 0 bridgehead atoms. The van der Waals surface area contributed by atoms with Crippen molar-refractivity contribution in [3.05, 3.63) is 0 Å². The van der Waals surface area contributed by atoms with Crippen molar-refractivity contribution >= 4 is 17.8 Å². The third-order valence-corrected chi connectivity index (χ3v) is 3.21. The Labute approximate surface area is 115 Å². The van der Waals surface area contributed by atoms with Gasteiger partial charge in [-0.15, -0.1) is 0 Å². The van der Waals surface area contributed by atoms with Crippen LogP contribution in [0.15, 0.2) is 0 Å². The van der Waals surface area contributed by atoms with E-state index in [9.17, 15) is 19.5 Å². The van der Waals surface area contributed by atoms with Gasteiger partial charge in [0, 0.05) is 19.6 Å². The first-order chi connectivity index (χ1) is 9.61. The van der Waals surface area contributed by atoms with E-state index in [1.807, 2.05) is 0 Å². The fraction of sp³-hybridized carbons (Fsp3) is 0.727. The normalized spacial score (nSPS) is 23.8. The topological polar surface area (TPSA) is 120 Å². The second kappa shape index (κ2) is 6.53. The third kappa shape index (κ3) is 3.36. The van der Waals surface area contributed by atoms with Gasteiger partial charge in [-0.1, -0.05) is 0 Å². The van der Waals surface area contributed by atoms with Crippen LogP contribution in [-0.2, 0) is 14.3 Å². The first-order valence-electron chi connectivity index (χ1n) is 6.44. The number of urea groups is 1. The summed E-state index contributed by atoms with van der Waals surface area (Å²) >= 11 is 0. The molecule has 4 N–H and O–H groups in total. The van der Waals surface area contributed by atoms with Gasteiger partial charge in [0.05, 0.1) is 19.8 Å². The van der Waals surface area contributed by atoms with Crippen LogP contribution in [0.4, 0.5) is 4.79 Å². The van der Waals surface area contributed by atoms with E-state index in [1.54, 1.807) is 0 Å². The highest BCUT2D eigenvalue weighted by Gasteiger charge is 2.31. The molecule has 9 heteroatoms. The Morgan fingerprint density at radius 1 is 1.45 bits per heavy atom. The van der Waals surface area contributed by atoms with Crippen LogP contribution in [0.25, 0.3) is 0 Å². The monoisotopic (exact) mass is 286 g/mol. The van der Waals surface area contributed by atoms with E-state index in [4.69, 9.17) is 4.74 Å². The van der Waals surface area contributed by atoms with Gasteiger partial charge >= 0.3 is 6.03 Å². The van der Waals surface area contributed by atoms with E-state index in [1.165, 1.54) is 4.90 Å². The molecule has 112 valence electrons. The molecule has 0 aromatic heterocycles. The van der Waals surface area contributed by atoms with Crippen molar-refractivity contribution in [1.29, 1.82) is 0 Å². The predicted octanol–water partition coefficient (Wildman–Crippen LogP) is -3.00. The summed E-state index contributed by atoms with van der Waals surface area (Å²) in [5.41, 5.74) is 0. The van der Waals surface area contributed by atoms with E-state index >= 15 is 0 Å². The number of morpholine rings is 1.